The molecule has 3 rings (SSSR count). The van der Waals surface area contributed by atoms with E-state index in [2.05, 4.69) is 12.1 Å². The van der Waals surface area contributed by atoms with Gasteiger partial charge in [-0.1, -0.05) is 48.5 Å². The second kappa shape index (κ2) is 8.57. The number of carbonyl (C=O) groups excluding carboxylic acids is 1. The first-order valence-electron chi connectivity index (χ1n) is 9.23. The quantitative estimate of drug-likeness (QED) is 0.733. The monoisotopic (exact) mass is 387 g/mol. The molecule has 0 saturated carbocycles. The summed E-state index contributed by atoms with van der Waals surface area (Å²) < 4.78 is 29.2. The average molecular weight is 388 g/mol. The lowest BCUT2D eigenvalue weighted by Gasteiger charge is -2.27. The normalized spacial score (nSPS) is 18.2. The van der Waals surface area contributed by atoms with Gasteiger partial charge in [0, 0.05) is 19.0 Å². The molecule has 0 aliphatic carbocycles. The molecule has 6 heteroatoms. The topological polar surface area (TPSA) is 63.7 Å². The Morgan fingerprint density at radius 3 is 2.48 bits per heavy atom. The van der Waals surface area contributed by atoms with Gasteiger partial charge in [-0.3, -0.25) is 4.79 Å². The van der Waals surface area contributed by atoms with Crippen LogP contribution in [0.3, 0.4) is 0 Å². The van der Waals surface area contributed by atoms with Crippen LogP contribution in [0.5, 0.6) is 5.75 Å². The van der Waals surface area contributed by atoms with Gasteiger partial charge in [0.2, 0.25) is 0 Å². The molecule has 1 unspecified atom stereocenters. The van der Waals surface area contributed by atoms with Crippen molar-refractivity contribution in [2.75, 3.05) is 24.7 Å². The van der Waals surface area contributed by atoms with E-state index in [1.807, 2.05) is 49.4 Å². The number of likely N-dealkylation sites (N-methyl/N-ethyl adjacent to an activating group) is 1. The summed E-state index contributed by atoms with van der Waals surface area (Å²) in [6, 6.07) is 17.5. The van der Waals surface area contributed by atoms with Crippen LogP contribution < -0.4 is 4.74 Å². The van der Waals surface area contributed by atoms with Gasteiger partial charge in [0.05, 0.1) is 11.5 Å². The molecule has 0 radical (unpaired) electrons. The molecule has 2 aromatic carbocycles. The van der Waals surface area contributed by atoms with Gasteiger partial charge in [-0.05, 0) is 30.5 Å². The Morgan fingerprint density at radius 2 is 1.81 bits per heavy atom. The molecule has 1 aliphatic rings. The molecule has 144 valence electrons. The first-order chi connectivity index (χ1) is 13.0. The smallest absolute Gasteiger partial charge is 0.260 e. The third kappa shape index (κ3) is 5.10. The number of amides is 1. The second-order valence-electron chi connectivity index (χ2n) is 6.80. The lowest BCUT2D eigenvalue weighted by atomic mass is 10.0. The largest absolute Gasteiger partial charge is 0.483 e. The van der Waals surface area contributed by atoms with Gasteiger partial charge in [-0.2, -0.15) is 0 Å². The second-order valence-corrected chi connectivity index (χ2v) is 9.02. The van der Waals surface area contributed by atoms with E-state index in [-0.39, 0.29) is 30.1 Å². The maximum Gasteiger partial charge on any atom is 0.260 e. The van der Waals surface area contributed by atoms with E-state index >= 15 is 0 Å². The molecule has 1 saturated heterocycles. The summed E-state index contributed by atoms with van der Waals surface area (Å²) >= 11 is 0. The number of hydrogen-bond acceptors (Lipinski definition) is 4. The van der Waals surface area contributed by atoms with Gasteiger partial charge in [-0.25, -0.2) is 8.42 Å². The molecule has 1 aliphatic heterocycles. The molecule has 1 amide bonds. The van der Waals surface area contributed by atoms with Crippen molar-refractivity contribution in [1.82, 2.24) is 4.90 Å². The minimum absolute atomic E-state index is 0.0528. The Hall–Kier alpha value is -2.34. The van der Waals surface area contributed by atoms with Crippen LogP contribution in [-0.4, -0.2) is 49.9 Å². The zero-order valence-electron chi connectivity index (χ0n) is 15.5. The van der Waals surface area contributed by atoms with E-state index in [0.717, 1.165) is 12.0 Å². The van der Waals surface area contributed by atoms with Gasteiger partial charge in [-0.15, -0.1) is 0 Å². The Labute approximate surface area is 160 Å². The summed E-state index contributed by atoms with van der Waals surface area (Å²) in [7, 11) is -3.03. The summed E-state index contributed by atoms with van der Waals surface area (Å²) in [5, 5.41) is 0. The molecule has 1 heterocycles. The first kappa shape index (κ1) is 19.4. The molecule has 1 fully saturated rings. The Morgan fingerprint density at radius 1 is 1.11 bits per heavy atom. The fourth-order valence-electron chi connectivity index (χ4n) is 3.49. The van der Waals surface area contributed by atoms with Crippen LogP contribution in [0.1, 0.15) is 24.5 Å². The predicted octanol–water partition coefficient (Wildman–Crippen LogP) is 2.69. The minimum atomic E-state index is -3.03. The summed E-state index contributed by atoms with van der Waals surface area (Å²) in [5.41, 5.74) is 2.19. The maximum atomic E-state index is 12.6. The molecule has 27 heavy (non-hydrogen) atoms. The number of rotatable bonds is 7. The van der Waals surface area contributed by atoms with Gasteiger partial charge >= 0.3 is 0 Å². The molecule has 0 spiro atoms. The summed E-state index contributed by atoms with van der Waals surface area (Å²) in [5.74, 6) is 0.721. The van der Waals surface area contributed by atoms with Gasteiger partial charge in [0.15, 0.2) is 16.4 Å². The first-order valence-corrected chi connectivity index (χ1v) is 11.0. The molecule has 5 nitrogen and oxygen atoms in total. The van der Waals surface area contributed by atoms with E-state index in [1.54, 1.807) is 4.90 Å². The number of carbonyl (C=O) groups is 1. The van der Waals surface area contributed by atoms with E-state index < -0.39 is 9.84 Å². The van der Waals surface area contributed by atoms with Crippen molar-refractivity contribution in [3.05, 3.63) is 65.7 Å². The third-order valence-corrected chi connectivity index (χ3v) is 6.62. The average Bonchev–Trinajstić information content (AvgIpc) is 3.02. The number of nitrogens with zero attached hydrogens (tertiary/aromatic N) is 1. The molecule has 2 aromatic rings. The van der Waals surface area contributed by atoms with Crippen LogP contribution in [0.2, 0.25) is 0 Å². The van der Waals surface area contributed by atoms with Crippen molar-refractivity contribution in [3.8, 4) is 5.75 Å². The Balaban J connectivity index is 1.65. The Kier molecular flexibility index (Phi) is 6.16. The fraction of sp³-hybridized carbons (Fsp3) is 0.381. The number of sulfone groups is 1. The highest BCUT2D eigenvalue weighted by molar-refractivity contribution is 7.91. The van der Waals surface area contributed by atoms with Crippen LogP contribution in [-0.2, 0) is 21.1 Å². The number of ether oxygens (including phenoxy) is 1. The zero-order chi connectivity index (χ0) is 19.3. The fourth-order valence-corrected chi connectivity index (χ4v) is 5.22. The third-order valence-electron chi connectivity index (χ3n) is 4.87. The van der Waals surface area contributed by atoms with Crippen molar-refractivity contribution in [3.63, 3.8) is 0 Å². The van der Waals surface area contributed by atoms with Crippen molar-refractivity contribution in [2.45, 2.75) is 25.8 Å². The van der Waals surface area contributed by atoms with Crippen LogP contribution in [0.15, 0.2) is 54.6 Å². The standard InChI is InChI=1S/C21H25NO4S/c1-2-22(19-12-13-27(24,25)16-19)21(23)15-26-20-11-7-6-10-18(20)14-17-8-4-3-5-9-17/h3-11,19H,2,12-16H2,1H3. The van der Waals surface area contributed by atoms with Gasteiger partial charge < -0.3 is 9.64 Å². The lowest BCUT2D eigenvalue weighted by Crippen LogP contribution is -2.43. The summed E-state index contributed by atoms with van der Waals surface area (Å²) in [6.07, 6.45) is 1.23. The highest BCUT2D eigenvalue weighted by Crippen LogP contribution is 2.22. The van der Waals surface area contributed by atoms with Crippen LogP contribution in [0.4, 0.5) is 0 Å². The number of para-hydroxylation sites is 1. The Bertz CT molecular complexity index is 880. The SMILES string of the molecule is CCN(C(=O)COc1ccccc1Cc1ccccc1)C1CCS(=O)(=O)C1. The van der Waals surface area contributed by atoms with E-state index in [9.17, 15) is 13.2 Å². The molecular formula is C21H25NO4S. The van der Waals surface area contributed by atoms with Crippen LogP contribution in [0.25, 0.3) is 0 Å². The van der Waals surface area contributed by atoms with E-state index in [4.69, 9.17) is 4.74 Å². The van der Waals surface area contributed by atoms with E-state index in [1.165, 1.54) is 5.56 Å². The van der Waals surface area contributed by atoms with Crippen molar-refractivity contribution in [2.24, 2.45) is 0 Å². The summed E-state index contributed by atoms with van der Waals surface area (Å²) in [4.78, 5) is 14.3. The van der Waals surface area contributed by atoms with E-state index in [0.29, 0.717) is 18.7 Å². The minimum Gasteiger partial charge on any atom is -0.483 e. The molecule has 0 bridgehead atoms. The molecule has 0 N–H and O–H groups in total. The van der Waals surface area contributed by atoms with Gasteiger partial charge in [0.25, 0.3) is 5.91 Å². The van der Waals surface area contributed by atoms with Crippen molar-refractivity contribution in [1.29, 1.82) is 0 Å². The summed E-state index contributed by atoms with van der Waals surface area (Å²) in [6.45, 7) is 2.26. The van der Waals surface area contributed by atoms with Crippen LogP contribution in [0, 0.1) is 0 Å². The maximum absolute atomic E-state index is 12.6. The lowest BCUT2D eigenvalue weighted by molar-refractivity contribution is -0.135. The number of benzene rings is 2. The number of hydrogen-bond donors (Lipinski definition) is 0. The molecule has 1 atom stereocenters. The van der Waals surface area contributed by atoms with Gasteiger partial charge in [0.1, 0.15) is 5.75 Å². The molecule has 0 aromatic heterocycles. The highest BCUT2D eigenvalue weighted by atomic mass is 32.2. The van der Waals surface area contributed by atoms with Crippen molar-refractivity contribution >= 4 is 15.7 Å². The van der Waals surface area contributed by atoms with Crippen molar-refractivity contribution < 1.29 is 17.9 Å². The van der Waals surface area contributed by atoms with Crippen LogP contribution >= 0.6 is 0 Å². The zero-order valence-corrected chi connectivity index (χ0v) is 16.3. The highest BCUT2D eigenvalue weighted by Gasteiger charge is 2.33. The molecular weight excluding hydrogens is 362 g/mol. The predicted molar refractivity (Wildman–Crippen MR) is 106 cm³/mol.